The molecule has 0 N–H and O–H groups in total. The molecule has 1 fully saturated rings. The van der Waals surface area contributed by atoms with E-state index in [1.165, 1.54) is 0 Å². The molecule has 1 saturated heterocycles. The molecular formula is C8H12F3NO2. The van der Waals surface area contributed by atoms with Crippen molar-refractivity contribution in [1.82, 2.24) is 4.90 Å². The molecule has 0 amide bonds. The van der Waals surface area contributed by atoms with Crippen LogP contribution < -0.4 is 0 Å². The number of nitrogens with zero attached hydrogens (tertiary/aromatic N) is 1. The van der Waals surface area contributed by atoms with Gasteiger partial charge in [0.1, 0.15) is 5.78 Å². The van der Waals surface area contributed by atoms with Gasteiger partial charge in [-0.05, 0) is 0 Å². The molecule has 0 aromatic heterocycles. The van der Waals surface area contributed by atoms with E-state index in [1.807, 2.05) is 0 Å². The number of alkyl halides is 3. The summed E-state index contributed by atoms with van der Waals surface area (Å²) in [7, 11) is 0. The number of piperidine rings is 1. The van der Waals surface area contributed by atoms with Gasteiger partial charge in [0.2, 0.25) is 0 Å². The molecule has 0 aromatic rings. The number of Topliss-reactive ketones (excluding diaryl/α,β-unsaturated/α-hetero) is 1. The van der Waals surface area contributed by atoms with E-state index < -0.39 is 6.36 Å². The SMILES string of the molecule is O=C1CCN(CCOC(F)(F)F)CC1. The summed E-state index contributed by atoms with van der Waals surface area (Å²) in [5.41, 5.74) is 0. The van der Waals surface area contributed by atoms with Crippen molar-refractivity contribution in [1.29, 1.82) is 0 Å². The Kier molecular flexibility index (Phi) is 3.88. The minimum Gasteiger partial charge on any atom is -0.300 e. The lowest BCUT2D eigenvalue weighted by Crippen LogP contribution is -2.36. The van der Waals surface area contributed by atoms with E-state index in [0.29, 0.717) is 25.9 Å². The third-order valence-electron chi connectivity index (χ3n) is 2.09. The highest BCUT2D eigenvalue weighted by molar-refractivity contribution is 5.79. The molecule has 1 aliphatic heterocycles. The number of carbonyl (C=O) groups excluding carboxylic acids is 1. The van der Waals surface area contributed by atoms with Gasteiger partial charge in [-0.3, -0.25) is 9.53 Å². The van der Waals surface area contributed by atoms with Crippen molar-refractivity contribution in [3.8, 4) is 0 Å². The minimum absolute atomic E-state index is 0.179. The highest BCUT2D eigenvalue weighted by atomic mass is 19.4. The number of ether oxygens (including phenoxy) is 1. The lowest BCUT2D eigenvalue weighted by atomic mass is 10.1. The first-order valence-corrected chi connectivity index (χ1v) is 4.42. The molecule has 0 bridgehead atoms. The van der Waals surface area contributed by atoms with Gasteiger partial charge in [0.15, 0.2) is 0 Å². The van der Waals surface area contributed by atoms with Crippen molar-refractivity contribution in [3.63, 3.8) is 0 Å². The number of ketones is 1. The fourth-order valence-electron chi connectivity index (χ4n) is 1.32. The molecule has 6 heteroatoms. The Hall–Kier alpha value is -0.620. The van der Waals surface area contributed by atoms with Gasteiger partial charge in [0, 0.05) is 32.5 Å². The summed E-state index contributed by atoms with van der Waals surface area (Å²) in [6.07, 6.45) is -3.68. The summed E-state index contributed by atoms with van der Waals surface area (Å²) < 4.78 is 38.4. The maximum Gasteiger partial charge on any atom is 0.522 e. The van der Waals surface area contributed by atoms with E-state index in [4.69, 9.17) is 0 Å². The van der Waals surface area contributed by atoms with Crippen molar-refractivity contribution >= 4 is 5.78 Å². The zero-order valence-electron chi connectivity index (χ0n) is 7.64. The summed E-state index contributed by atoms with van der Waals surface area (Å²) in [5.74, 6) is 0.179. The molecule has 1 rings (SSSR count). The van der Waals surface area contributed by atoms with E-state index in [2.05, 4.69) is 4.74 Å². The topological polar surface area (TPSA) is 29.5 Å². The Morgan fingerprint density at radius 3 is 2.36 bits per heavy atom. The second kappa shape index (κ2) is 4.75. The minimum atomic E-state index is -4.55. The van der Waals surface area contributed by atoms with Gasteiger partial charge >= 0.3 is 6.36 Å². The Bertz CT molecular complexity index is 195. The largest absolute Gasteiger partial charge is 0.522 e. The molecular weight excluding hydrogens is 199 g/mol. The van der Waals surface area contributed by atoms with Crippen LogP contribution in [0.25, 0.3) is 0 Å². The van der Waals surface area contributed by atoms with Crippen LogP contribution in [-0.4, -0.2) is 43.3 Å². The van der Waals surface area contributed by atoms with Crippen LogP contribution in [0, 0.1) is 0 Å². The van der Waals surface area contributed by atoms with Crippen LogP contribution in [0.3, 0.4) is 0 Å². The van der Waals surface area contributed by atoms with Crippen LogP contribution >= 0.6 is 0 Å². The third-order valence-corrected chi connectivity index (χ3v) is 2.09. The highest BCUT2D eigenvalue weighted by Gasteiger charge is 2.29. The molecule has 0 spiro atoms. The number of halogens is 3. The van der Waals surface area contributed by atoms with Crippen LogP contribution in [0.2, 0.25) is 0 Å². The maximum absolute atomic E-state index is 11.6. The Morgan fingerprint density at radius 2 is 1.86 bits per heavy atom. The average Bonchev–Trinajstić information content (AvgIpc) is 2.06. The van der Waals surface area contributed by atoms with Gasteiger partial charge in [-0.1, -0.05) is 0 Å². The summed E-state index contributed by atoms with van der Waals surface area (Å²) in [6, 6.07) is 0. The lowest BCUT2D eigenvalue weighted by Gasteiger charge is -2.25. The lowest BCUT2D eigenvalue weighted by molar-refractivity contribution is -0.325. The Labute approximate surface area is 79.8 Å². The van der Waals surface area contributed by atoms with E-state index in [1.54, 1.807) is 4.90 Å². The number of hydrogen-bond donors (Lipinski definition) is 0. The molecule has 0 aromatic carbocycles. The van der Waals surface area contributed by atoms with Crippen LogP contribution in [-0.2, 0) is 9.53 Å². The molecule has 0 radical (unpaired) electrons. The first-order valence-electron chi connectivity index (χ1n) is 4.42. The van der Waals surface area contributed by atoms with Crippen molar-refractivity contribution in [2.75, 3.05) is 26.2 Å². The van der Waals surface area contributed by atoms with Crippen LogP contribution in [0.5, 0.6) is 0 Å². The second-order valence-corrected chi connectivity index (χ2v) is 3.17. The predicted molar refractivity (Wildman–Crippen MR) is 42.7 cm³/mol. The molecule has 1 heterocycles. The molecule has 82 valence electrons. The molecule has 3 nitrogen and oxygen atoms in total. The predicted octanol–water partition coefficient (Wildman–Crippen LogP) is 1.19. The first-order chi connectivity index (χ1) is 6.47. The van der Waals surface area contributed by atoms with Gasteiger partial charge in [-0.25, -0.2) is 0 Å². The summed E-state index contributed by atoms with van der Waals surface area (Å²) >= 11 is 0. The molecule has 0 saturated carbocycles. The Balaban J connectivity index is 2.10. The van der Waals surface area contributed by atoms with E-state index >= 15 is 0 Å². The molecule has 14 heavy (non-hydrogen) atoms. The van der Waals surface area contributed by atoms with Crippen molar-refractivity contribution in [2.24, 2.45) is 0 Å². The van der Waals surface area contributed by atoms with Gasteiger partial charge in [-0.15, -0.1) is 13.2 Å². The standard InChI is InChI=1S/C8H12F3NO2/c9-8(10,11)14-6-5-12-3-1-7(13)2-4-12/h1-6H2. The van der Waals surface area contributed by atoms with Crippen molar-refractivity contribution in [2.45, 2.75) is 19.2 Å². The van der Waals surface area contributed by atoms with Crippen LogP contribution in [0.4, 0.5) is 13.2 Å². The Morgan fingerprint density at radius 1 is 1.29 bits per heavy atom. The zero-order valence-corrected chi connectivity index (χ0v) is 7.64. The van der Waals surface area contributed by atoms with Gasteiger partial charge in [0.05, 0.1) is 6.61 Å². The monoisotopic (exact) mass is 211 g/mol. The number of rotatable bonds is 3. The number of likely N-dealkylation sites (tertiary alicyclic amines) is 1. The van der Waals surface area contributed by atoms with Gasteiger partial charge < -0.3 is 4.90 Å². The van der Waals surface area contributed by atoms with E-state index in [9.17, 15) is 18.0 Å². The normalized spacial score (nSPS) is 20.1. The number of carbonyl (C=O) groups is 1. The van der Waals surface area contributed by atoms with Crippen LogP contribution in [0.1, 0.15) is 12.8 Å². The van der Waals surface area contributed by atoms with Crippen molar-refractivity contribution < 1.29 is 22.7 Å². The van der Waals surface area contributed by atoms with Gasteiger partial charge in [-0.2, -0.15) is 0 Å². The third kappa shape index (κ3) is 4.57. The fraction of sp³-hybridized carbons (Fsp3) is 0.875. The second-order valence-electron chi connectivity index (χ2n) is 3.17. The molecule has 0 unspecified atom stereocenters. The zero-order chi connectivity index (χ0) is 10.6. The molecule has 1 aliphatic rings. The van der Waals surface area contributed by atoms with E-state index in [-0.39, 0.29) is 18.9 Å². The van der Waals surface area contributed by atoms with E-state index in [0.717, 1.165) is 0 Å². The summed E-state index contributed by atoms with van der Waals surface area (Å²) in [5, 5.41) is 0. The van der Waals surface area contributed by atoms with Crippen molar-refractivity contribution in [3.05, 3.63) is 0 Å². The quantitative estimate of drug-likeness (QED) is 0.702. The fourth-order valence-corrected chi connectivity index (χ4v) is 1.32. The molecule has 0 aliphatic carbocycles. The highest BCUT2D eigenvalue weighted by Crippen LogP contribution is 2.16. The molecule has 0 atom stereocenters. The smallest absolute Gasteiger partial charge is 0.300 e. The maximum atomic E-state index is 11.6. The first kappa shape index (κ1) is 11.5. The average molecular weight is 211 g/mol. The van der Waals surface area contributed by atoms with Gasteiger partial charge in [0.25, 0.3) is 0 Å². The summed E-state index contributed by atoms with van der Waals surface area (Å²) in [4.78, 5) is 12.6. The number of hydrogen-bond acceptors (Lipinski definition) is 3. The summed E-state index contributed by atoms with van der Waals surface area (Å²) in [6.45, 7) is 0.949. The van der Waals surface area contributed by atoms with Crippen LogP contribution in [0.15, 0.2) is 0 Å².